The average Bonchev–Trinajstić information content (AvgIpc) is 3.70. The summed E-state index contributed by atoms with van der Waals surface area (Å²) in [5.41, 5.74) is 19.2. The zero-order valence-electron chi connectivity index (χ0n) is 37.0. The van der Waals surface area contributed by atoms with E-state index < -0.39 is 0 Å². The van der Waals surface area contributed by atoms with Crippen molar-refractivity contribution in [1.82, 2.24) is 4.57 Å². The van der Waals surface area contributed by atoms with Crippen LogP contribution in [0.3, 0.4) is 0 Å². The normalized spacial score (nSPS) is 11.5. The average molecular weight is 843 g/mol. The third-order valence-electron chi connectivity index (χ3n) is 13.3. The van der Waals surface area contributed by atoms with Crippen LogP contribution in [0.5, 0.6) is 0 Å². The van der Waals surface area contributed by atoms with Crippen LogP contribution in [0, 0.1) is 13.8 Å². The predicted octanol–water partition coefficient (Wildman–Crippen LogP) is 17.8. The number of hydrogen-bond acceptors (Lipinski definition) is 1. The van der Waals surface area contributed by atoms with Gasteiger partial charge in [0.25, 0.3) is 0 Å². The summed E-state index contributed by atoms with van der Waals surface area (Å²) < 4.78 is 2.42. The largest absolute Gasteiger partial charge is 0.310 e. The number of aromatic nitrogens is 1. The summed E-state index contributed by atoms with van der Waals surface area (Å²) >= 11 is 0. The second-order valence-corrected chi connectivity index (χ2v) is 17.5. The molecule has 0 saturated carbocycles. The van der Waals surface area contributed by atoms with E-state index in [9.17, 15) is 0 Å². The van der Waals surface area contributed by atoms with Gasteiger partial charge in [-0.25, -0.2) is 0 Å². The molecule has 312 valence electrons. The Morgan fingerprint density at radius 3 is 1.27 bits per heavy atom. The summed E-state index contributed by atoms with van der Waals surface area (Å²) in [5, 5.41) is 7.44. The maximum absolute atomic E-state index is 2.42. The molecule has 2 heteroatoms. The molecule has 1 heterocycles. The molecule has 0 unspecified atom stereocenters. The van der Waals surface area contributed by atoms with Crippen LogP contribution in [0.2, 0.25) is 0 Å². The predicted molar refractivity (Wildman–Crippen MR) is 282 cm³/mol. The molecular formula is C64H46N2. The second-order valence-electron chi connectivity index (χ2n) is 17.5. The van der Waals surface area contributed by atoms with E-state index in [2.05, 4.69) is 266 Å². The van der Waals surface area contributed by atoms with E-state index in [-0.39, 0.29) is 0 Å². The molecule has 12 rings (SSSR count). The van der Waals surface area contributed by atoms with Gasteiger partial charge in [0.2, 0.25) is 0 Å². The number of aryl methyl sites for hydroxylation is 2. The highest BCUT2D eigenvalue weighted by Gasteiger charge is 2.20. The molecule has 0 radical (unpaired) electrons. The van der Waals surface area contributed by atoms with Crippen LogP contribution in [-0.4, -0.2) is 4.57 Å². The lowest BCUT2D eigenvalue weighted by molar-refractivity contribution is 1.18. The number of benzene rings is 11. The highest BCUT2D eigenvalue weighted by atomic mass is 15.1. The van der Waals surface area contributed by atoms with Gasteiger partial charge in [0.05, 0.1) is 11.0 Å². The van der Waals surface area contributed by atoms with E-state index in [4.69, 9.17) is 0 Å². The van der Waals surface area contributed by atoms with E-state index in [1.807, 2.05) is 0 Å². The lowest BCUT2D eigenvalue weighted by Gasteiger charge is -2.26. The molecule has 12 aromatic rings. The van der Waals surface area contributed by atoms with Gasteiger partial charge in [0, 0.05) is 33.5 Å². The summed E-state index contributed by atoms with van der Waals surface area (Å²) in [7, 11) is 0. The minimum absolute atomic E-state index is 1.13. The third kappa shape index (κ3) is 6.83. The first kappa shape index (κ1) is 39.2. The lowest BCUT2D eigenvalue weighted by atomic mass is 9.85. The number of fused-ring (bicyclic) bond motifs is 5. The number of para-hydroxylation sites is 1. The van der Waals surface area contributed by atoms with Crippen molar-refractivity contribution in [2.24, 2.45) is 0 Å². The molecule has 2 nitrogen and oxygen atoms in total. The molecule has 0 aliphatic rings. The molecule has 0 aliphatic carbocycles. The van der Waals surface area contributed by atoms with Crippen molar-refractivity contribution in [2.75, 3.05) is 4.90 Å². The molecule has 0 atom stereocenters. The molecule has 0 saturated heterocycles. The van der Waals surface area contributed by atoms with E-state index in [1.165, 1.54) is 99.0 Å². The quantitative estimate of drug-likeness (QED) is 0.138. The Hall–Kier alpha value is -8.46. The van der Waals surface area contributed by atoms with Crippen LogP contribution in [0.4, 0.5) is 17.1 Å². The smallest absolute Gasteiger partial charge is 0.0542 e. The van der Waals surface area contributed by atoms with E-state index >= 15 is 0 Å². The number of hydrogen-bond donors (Lipinski definition) is 0. The van der Waals surface area contributed by atoms with E-state index in [0.29, 0.717) is 0 Å². The van der Waals surface area contributed by atoms with Gasteiger partial charge in [0.1, 0.15) is 0 Å². The van der Waals surface area contributed by atoms with Crippen molar-refractivity contribution in [3.63, 3.8) is 0 Å². The standard InChI is InChI=1S/C64H46N2/c1-43-23-35-51(36-24-43)65(53-16-12-13-44(2)41-53)54-39-40-62-60(42-54)55-17-10-11-22-61(55)66(62)52-37-33-50(34-38-52)64-58-20-8-6-18-56(58)63(57-19-7-9-21-59(57)64)49-31-29-48(30-32-49)47-27-25-46(26-28-47)45-14-4-3-5-15-45/h3-42H,1-2H3. The summed E-state index contributed by atoms with van der Waals surface area (Å²) in [5.74, 6) is 0. The fourth-order valence-corrected chi connectivity index (χ4v) is 10.1. The Kier molecular flexibility index (Phi) is 9.65. The van der Waals surface area contributed by atoms with Gasteiger partial charge < -0.3 is 9.47 Å². The van der Waals surface area contributed by atoms with Gasteiger partial charge >= 0.3 is 0 Å². The SMILES string of the molecule is Cc1ccc(N(c2cccc(C)c2)c2ccc3c(c2)c2ccccc2n3-c2ccc(-c3c4ccccc4c(-c4ccc(-c5ccc(-c6ccccc6)cc5)cc4)c4ccccc34)cc2)cc1. The van der Waals surface area contributed by atoms with Crippen molar-refractivity contribution in [3.8, 4) is 50.2 Å². The van der Waals surface area contributed by atoms with Crippen molar-refractivity contribution in [3.05, 3.63) is 254 Å². The molecule has 0 spiro atoms. The lowest BCUT2D eigenvalue weighted by Crippen LogP contribution is -2.10. The maximum atomic E-state index is 2.42. The highest BCUT2D eigenvalue weighted by Crippen LogP contribution is 2.45. The minimum atomic E-state index is 1.13. The van der Waals surface area contributed by atoms with E-state index in [1.54, 1.807) is 0 Å². The number of rotatable bonds is 8. The fourth-order valence-electron chi connectivity index (χ4n) is 10.1. The molecular weight excluding hydrogens is 797 g/mol. The van der Waals surface area contributed by atoms with Gasteiger partial charge in [-0.3, -0.25) is 0 Å². The van der Waals surface area contributed by atoms with E-state index in [0.717, 1.165) is 22.7 Å². The Morgan fingerprint density at radius 1 is 0.273 bits per heavy atom. The van der Waals surface area contributed by atoms with Crippen LogP contribution in [0.25, 0.3) is 93.5 Å². The van der Waals surface area contributed by atoms with Gasteiger partial charge in [-0.2, -0.15) is 0 Å². The first-order chi connectivity index (χ1) is 32.6. The summed E-state index contributed by atoms with van der Waals surface area (Å²) in [6.45, 7) is 4.30. The zero-order valence-corrected chi connectivity index (χ0v) is 37.0. The molecule has 0 aliphatic heterocycles. The maximum Gasteiger partial charge on any atom is 0.0542 e. The van der Waals surface area contributed by atoms with Crippen LogP contribution in [0.1, 0.15) is 11.1 Å². The highest BCUT2D eigenvalue weighted by molar-refractivity contribution is 6.21. The van der Waals surface area contributed by atoms with Crippen LogP contribution in [0.15, 0.2) is 243 Å². The van der Waals surface area contributed by atoms with Gasteiger partial charge in [-0.05, 0) is 146 Å². The molecule has 0 bridgehead atoms. The monoisotopic (exact) mass is 842 g/mol. The molecule has 1 aromatic heterocycles. The van der Waals surface area contributed by atoms with Crippen LogP contribution >= 0.6 is 0 Å². The number of nitrogens with zero attached hydrogens (tertiary/aromatic N) is 2. The summed E-state index contributed by atoms with van der Waals surface area (Å²) in [6.07, 6.45) is 0. The number of anilines is 3. The molecule has 66 heavy (non-hydrogen) atoms. The zero-order chi connectivity index (χ0) is 44.1. The van der Waals surface area contributed by atoms with Gasteiger partial charge in [0.15, 0.2) is 0 Å². The van der Waals surface area contributed by atoms with Crippen molar-refractivity contribution in [1.29, 1.82) is 0 Å². The Labute approximate surface area is 385 Å². The van der Waals surface area contributed by atoms with Crippen molar-refractivity contribution in [2.45, 2.75) is 13.8 Å². The summed E-state index contributed by atoms with van der Waals surface area (Å²) in [4.78, 5) is 2.37. The van der Waals surface area contributed by atoms with Crippen LogP contribution < -0.4 is 4.90 Å². The minimum Gasteiger partial charge on any atom is -0.310 e. The summed E-state index contributed by atoms with van der Waals surface area (Å²) in [6, 6.07) is 89.0. The van der Waals surface area contributed by atoms with Gasteiger partial charge in [-0.15, -0.1) is 0 Å². The molecule has 0 fully saturated rings. The Balaban J connectivity index is 0.935. The molecule has 11 aromatic carbocycles. The van der Waals surface area contributed by atoms with Crippen molar-refractivity contribution >= 4 is 60.4 Å². The third-order valence-corrected chi connectivity index (χ3v) is 13.3. The van der Waals surface area contributed by atoms with Crippen molar-refractivity contribution < 1.29 is 0 Å². The second kappa shape index (κ2) is 16.3. The Morgan fingerprint density at radius 2 is 0.712 bits per heavy atom. The molecule has 0 N–H and O–H groups in total. The Bertz CT molecular complexity index is 3670. The first-order valence-electron chi connectivity index (χ1n) is 22.8. The molecule has 0 amide bonds. The van der Waals surface area contributed by atoms with Gasteiger partial charge in [-0.1, -0.05) is 188 Å². The first-order valence-corrected chi connectivity index (χ1v) is 22.8. The topological polar surface area (TPSA) is 8.17 Å². The van der Waals surface area contributed by atoms with Crippen LogP contribution in [-0.2, 0) is 0 Å². The fraction of sp³-hybridized carbons (Fsp3) is 0.0312.